The summed E-state index contributed by atoms with van der Waals surface area (Å²) in [6, 6.07) is 1.73. The summed E-state index contributed by atoms with van der Waals surface area (Å²) in [4.78, 5) is 0. The lowest BCUT2D eigenvalue weighted by atomic mass is 10.5. The number of hydrogen-bond donors (Lipinski definition) is 0. The summed E-state index contributed by atoms with van der Waals surface area (Å²) < 4.78 is 10.0. The topological polar surface area (TPSA) is 40.9 Å². The predicted molar refractivity (Wildman–Crippen MR) is 29.1 cm³/mol. The Kier molecular flexibility index (Phi) is 2.97. The van der Waals surface area contributed by atoms with Gasteiger partial charge in [-0.05, 0) is 17.6 Å². The maximum atomic E-state index is 10.0. The Morgan fingerprint density at radius 3 is 2.43 bits per heavy atom. The van der Waals surface area contributed by atoms with E-state index in [-0.39, 0.29) is 0 Å². The van der Waals surface area contributed by atoms with Crippen LogP contribution in [0.1, 0.15) is 6.92 Å². The Labute approximate surface area is 49.0 Å². The molecule has 0 spiro atoms. The van der Waals surface area contributed by atoms with Gasteiger partial charge in [0, 0.05) is 0 Å². The van der Waals surface area contributed by atoms with Crippen molar-refractivity contribution in [2.45, 2.75) is 12.2 Å². The number of nitriles is 1. The first-order valence-corrected chi connectivity index (χ1v) is 3.69. The Hall–Kier alpha value is -0.0700. The van der Waals surface area contributed by atoms with Crippen LogP contribution in [0.4, 0.5) is 0 Å². The molecule has 0 amide bonds. The largest absolute Gasteiger partial charge is 0.241 e. The van der Waals surface area contributed by atoms with E-state index < -0.39 is 15.3 Å². The molecule has 0 heterocycles. The van der Waals surface area contributed by atoms with Crippen LogP contribution in [0.3, 0.4) is 0 Å². The van der Waals surface area contributed by atoms with Crippen LogP contribution in [-0.2, 0) is 10.0 Å². The maximum absolute atomic E-state index is 10.0. The predicted octanol–water partition coefficient (Wildman–Crippen LogP) is 0.801. The van der Waals surface area contributed by atoms with Gasteiger partial charge in [0.15, 0.2) is 0 Å². The van der Waals surface area contributed by atoms with Crippen LogP contribution in [0, 0.1) is 11.3 Å². The third kappa shape index (κ3) is 2.60. The van der Waals surface area contributed by atoms with Gasteiger partial charge in [0.05, 0.1) is 6.07 Å². The number of nitrogens with zero attached hydrogens (tertiary/aromatic N) is 1. The van der Waals surface area contributed by atoms with Crippen molar-refractivity contribution in [2.75, 3.05) is 0 Å². The van der Waals surface area contributed by atoms with Crippen molar-refractivity contribution in [2.24, 2.45) is 0 Å². The molecule has 0 radical (unpaired) electrons. The zero-order chi connectivity index (χ0) is 5.86. The van der Waals surface area contributed by atoms with Crippen LogP contribution in [-0.4, -0.2) is 9.46 Å². The monoisotopic (exact) mass is 137 g/mol. The summed E-state index contributed by atoms with van der Waals surface area (Å²) >= 11 is 0. The second-order valence-corrected chi connectivity index (χ2v) is 3.14. The smallest absolute Gasteiger partial charge is 0.133 e. The van der Waals surface area contributed by atoms with Crippen LogP contribution in [0.2, 0.25) is 0 Å². The van der Waals surface area contributed by atoms with Gasteiger partial charge in [0.1, 0.15) is 15.3 Å². The summed E-state index contributed by atoms with van der Waals surface area (Å²) in [6.07, 6.45) is 0. The molecular formula is C3H4ClNOS. The van der Waals surface area contributed by atoms with Crippen LogP contribution in [0.25, 0.3) is 0 Å². The van der Waals surface area contributed by atoms with Gasteiger partial charge < -0.3 is 0 Å². The van der Waals surface area contributed by atoms with E-state index in [0.29, 0.717) is 0 Å². The SMILES string of the molecule is CC(C#N)S(=O)Cl. The first-order valence-electron chi connectivity index (χ1n) is 1.65. The van der Waals surface area contributed by atoms with Gasteiger partial charge in [-0.2, -0.15) is 5.26 Å². The molecule has 0 aromatic heterocycles. The molecule has 4 heteroatoms. The van der Waals surface area contributed by atoms with Crippen LogP contribution in [0.5, 0.6) is 0 Å². The number of halogens is 1. The standard InChI is InChI=1S/C3H4ClNOS/c1-3(2-5)7(4)6/h3H,1H3. The van der Waals surface area contributed by atoms with Crippen molar-refractivity contribution in [3.63, 3.8) is 0 Å². The lowest BCUT2D eigenvalue weighted by Gasteiger charge is -1.86. The zero-order valence-corrected chi connectivity index (χ0v) is 5.29. The first-order chi connectivity index (χ1) is 3.18. The molecule has 2 nitrogen and oxygen atoms in total. The molecule has 40 valence electrons. The van der Waals surface area contributed by atoms with Gasteiger partial charge in [0.2, 0.25) is 0 Å². The highest BCUT2D eigenvalue weighted by Crippen LogP contribution is 1.96. The number of hydrogen-bond acceptors (Lipinski definition) is 2. The molecule has 0 aromatic carbocycles. The fourth-order valence-corrected chi connectivity index (χ4v) is 0.244. The van der Waals surface area contributed by atoms with E-state index in [1.807, 2.05) is 0 Å². The average molecular weight is 138 g/mol. The molecule has 2 atom stereocenters. The van der Waals surface area contributed by atoms with Crippen molar-refractivity contribution in [3.05, 3.63) is 0 Å². The summed E-state index contributed by atoms with van der Waals surface area (Å²) in [7, 11) is 3.48. The summed E-state index contributed by atoms with van der Waals surface area (Å²) in [5, 5.41) is 7.42. The highest BCUT2D eigenvalue weighted by atomic mass is 35.7. The molecule has 0 aliphatic carbocycles. The molecule has 7 heavy (non-hydrogen) atoms. The fourth-order valence-electron chi connectivity index (χ4n) is 0.0414. The summed E-state index contributed by atoms with van der Waals surface area (Å²) in [5.74, 6) is 0. The average Bonchev–Trinajstić information content (AvgIpc) is 1.65. The van der Waals surface area contributed by atoms with Crippen molar-refractivity contribution >= 4 is 20.7 Å². The van der Waals surface area contributed by atoms with E-state index in [9.17, 15) is 4.21 Å². The van der Waals surface area contributed by atoms with E-state index in [4.69, 9.17) is 15.9 Å². The molecule has 0 aliphatic heterocycles. The summed E-state index contributed by atoms with van der Waals surface area (Å²) in [6.45, 7) is 1.50. The highest BCUT2D eigenvalue weighted by molar-refractivity contribution is 8.08. The van der Waals surface area contributed by atoms with E-state index in [1.54, 1.807) is 6.07 Å². The van der Waals surface area contributed by atoms with Gasteiger partial charge in [-0.1, -0.05) is 0 Å². The van der Waals surface area contributed by atoms with Crippen molar-refractivity contribution in [3.8, 4) is 6.07 Å². The van der Waals surface area contributed by atoms with Crippen molar-refractivity contribution in [1.82, 2.24) is 0 Å². The Balaban J connectivity index is 3.63. The van der Waals surface area contributed by atoms with Gasteiger partial charge in [-0.25, -0.2) is 4.21 Å². The minimum absolute atomic E-state index is 0.554. The molecule has 0 saturated carbocycles. The Morgan fingerprint density at radius 1 is 2.00 bits per heavy atom. The molecule has 0 aromatic rings. The maximum Gasteiger partial charge on any atom is 0.133 e. The lowest BCUT2D eigenvalue weighted by molar-refractivity contribution is 0.688. The molecule has 2 unspecified atom stereocenters. The molecule has 0 aliphatic rings. The second kappa shape index (κ2) is 3.00. The molecule has 0 N–H and O–H groups in total. The summed E-state index contributed by atoms with van der Waals surface area (Å²) in [5.41, 5.74) is 0. The lowest BCUT2D eigenvalue weighted by Crippen LogP contribution is -1.99. The molecule has 0 fully saturated rings. The normalized spacial score (nSPS) is 17.3. The highest BCUT2D eigenvalue weighted by Gasteiger charge is 2.03. The minimum atomic E-state index is -1.50. The Bertz CT molecular complexity index is 119. The van der Waals surface area contributed by atoms with E-state index >= 15 is 0 Å². The third-order valence-electron chi connectivity index (χ3n) is 0.460. The number of rotatable bonds is 1. The first kappa shape index (κ1) is 6.93. The van der Waals surface area contributed by atoms with Crippen LogP contribution in [0.15, 0.2) is 0 Å². The van der Waals surface area contributed by atoms with Crippen molar-refractivity contribution in [1.29, 1.82) is 5.26 Å². The second-order valence-electron chi connectivity index (χ2n) is 1.02. The fraction of sp³-hybridized carbons (Fsp3) is 0.667. The molecule has 0 saturated heterocycles. The minimum Gasteiger partial charge on any atom is -0.241 e. The Morgan fingerprint density at radius 2 is 2.43 bits per heavy atom. The van der Waals surface area contributed by atoms with Gasteiger partial charge in [-0.3, -0.25) is 0 Å². The van der Waals surface area contributed by atoms with E-state index in [0.717, 1.165) is 0 Å². The van der Waals surface area contributed by atoms with Gasteiger partial charge in [-0.15, -0.1) is 0 Å². The van der Waals surface area contributed by atoms with Crippen molar-refractivity contribution < 1.29 is 4.21 Å². The molecular weight excluding hydrogens is 134 g/mol. The molecule has 0 rings (SSSR count). The quantitative estimate of drug-likeness (QED) is 0.502. The van der Waals surface area contributed by atoms with E-state index in [1.165, 1.54) is 6.92 Å². The zero-order valence-electron chi connectivity index (χ0n) is 3.72. The molecule has 0 bridgehead atoms. The third-order valence-corrected chi connectivity index (χ3v) is 1.92. The van der Waals surface area contributed by atoms with E-state index in [2.05, 4.69) is 0 Å². The van der Waals surface area contributed by atoms with Crippen LogP contribution < -0.4 is 0 Å². The van der Waals surface area contributed by atoms with Crippen LogP contribution >= 0.6 is 10.7 Å². The van der Waals surface area contributed by atoms with Gasteiger partial charge in [0.25, 0.3) is 0 Å². The van der Waals surface area contributed by atoms with Gasteiger partial charge >= 0.3 is 0 Å².